The maximum absolute atomic E-state index is 11.8. The Morgan fingerprint density at radius 1 is 1.09 bits per heavy atom. The highest BCUT2D eigenvalue weighted by molar-refractivity contribution is 5.90. The molecule has 0 heterocycles. The standard InChI is InChI=1S/C15H23NO.C4H10.CH4O/c1-11-6-8-13(9-7-11)16-14(17)10-12(2)15(3,4)5;1-3-4-2;1-2/h6-9,12H,10H2,1-5H3,(H,16,17);3-4H2,1-2H3;2H,1H3. The number of nitrogens with one attached hydrogen (secondary N) is 1. The van der Waals surface area contributed by atoms with Crippen molar-refractivity contribution in [3.8, 4) is 0 Å². The number of carbonyl (C=O) groups excluding carboxylic acids is 1. The number of rotatable bonds is 4. The molecule has 3 heteroatoms. The number of amides is 1. The van der Waals surface area contributed by atoms with Crippen molar-refractivity contribution in [2.75, 3.05) is 12.4 Å². The summed E-state index contributed by atoms with van der Waals surface area (Å²) in [5.74, 6) is 0.462. The molecule has 3 nitrogen and oxygen atoms in total. The van der Waals surface area contributed by atoms with Gasteiger partial charge in [0, 0.05) is 19.2 Å². The third kappa shape index (κ3) is 12.8. The van der Waals surface area contributed by atoms with E-state index in [0.29, 0.717) is 12.3 Å². The van der Waals surface area contributed by atoms with Crippen LogP contribution in [-0.2, 0) is 4.79 Å². The van der Waals surface area contributed by atoms with Crippen molar-refractivity contribution in [2.24, 2.45) is 11.3 Å². The highest BCUT2D eigenvalue weighted by Crippen LogP contribution is 2.28. The minimum Gasteiger partial charge on any atom is -0.400 e. The summed E-state index contributed by atoms with van der Waals surface area (Å²) >= 11 is 0. The number of aliphatic hydroxyl groups is 1. The van der Waals surface area contributed by atoms with Crippen molar-refractivity contribution in [3.63, 3.8) is 0 Å². The van der Waals surface area contributed by atoms with Gasteiger partial charge in [-0.1, -0.05) is 72.1 Å². The molecule has 1 rings (SSSR count). The molecule has 0 saturated heterocycles. The number of aryl methyl sites for hydroxylation is 1. The highest BCUT2D eigenvalue weighted by atomic mass is 16.2. The van der Waals surface area contributed by atoms with Gasteiger partial charge in [-0.25, -0.2) is 0 Å². The lowest BCUT2D eigenvalue weighted by Gasteiger charge is -2.26. The van der Waals surface area contributed by atoms with Crippen molar-refractivity contribution >= 4 is 11.6 Å². The summed E-state index contributed by atoms with van der Waals surface area (Å²) in [7, 11) is 1.00. The molecule has 0 spiro atoms. The summed E-state index contributed by atoms with van der Waals surface area (Å²) in [5, 5.41) is 9.93. The van der Waals surface area contributed by atoms with Crippen molar-refractivity contribution in [3.05, 3.63) is 29.8 Å². The first kappa shape index (κ1) is 23.9. The number of hydrogen-bond donors (Lipinski definition) is 2. The molecule has 134 valence electrons. The van der Waals surface area contributed by atoms with Crippen LogP contribution in [0.2, 0.25) is 0 Å². The second-order valence-corrected chi connectivity index (χ2v) is 6.89. The van der Waals surface area contributed by atoms with Crippen molar-refractivity contribution < 1.29 is 9.90 Å². The second-order valence-electron chi connectivity index (χ2n) is 6.89. The van der Waals surface area contributed by atoms with Crippen molar-refractivity contribution in [1.29, 1.82) is 0 Å². The maximum Gasteiger partial charge on any atom is 0.224 e. The topological polar surface area (TPSA) is 49.3 Å². The first-order chi connectivity index (χ1) is 10.7. The summed E-state index contributed by atoms with van der Waals surface area (Å²) in [6, 6.07) is 7.88. The molecule has 0 fully saturated rings. The van der Waals surface area contributed by atoms with E-state index in [2.05, 4.69) is 46.9 Å². The number of carbonyl (C=O) groups is 1. The second kappa shape index (κ2) is 13.1. The van der Waals surface area contributed by atoms with Crippen LogP contribution in [0.5, 0.6) is 0 Å². The first-order valence-electron chi connectivity index (χ1n) is 8.51. The van der Waals surface area contributed by atoms with E-state index in [1.807, 2.05) is 31.2 Å². The average Bonchev–Trinajstić information content (AvgIpc) is 2.51. The van der Waals surface area contributed by atoms with E-state index in [9.17, 15) is 4.79 Å². The average molecular weight is 324 g/mol. The molecule has 2 N–H and O–H groups in total. The quantitative estimate of drug-likeness (QED) is 0.777. The zero-order chi connectivity index (χ0) is 18.5. The minimum absolute atomic E-state index is 0.0938. The van der Waals surface area contributed by atoms with E-state index in [4.69, 9.17) is 5.11 Å². The van der Waals surface area contributed by atoms with Crippen LogP contribution in [0.1, 0.15) is 66.4 Å². The summed E-state index contributed by atoms with van der Waals surface area (Å²) in [4.78, 5) is 11.8. The Bertz CT molecular complexity index is 403. The molecule has 1 aromatic rings. The molecular weight excluding hydrogens is 286 g/mol. The molecule has 0 saturated carbocycles. The van der Waals surface area contributed by atoms with Crippen LogP contribution < -0.4 is 5.32 Å². The van der Waals surface area contributed by atoms with Gasteiger partial charge in [-0.3, -0.25) is 4.79 Å². The lowest BCUT2D eigenvalue weighted by Crippen LogP contribution is -2.23. The molecule has 23 heavy (non-hydrogen) atoms. The number of benzene rings is 1. The van der Waals surface area contributed by atoms with Crippen LogP contribution >= 0.6 is 0 Å². The summed E-state index contributed by atoms with van der Waals surface area (Å²) in [5.41, 5.74) is 2.25. The van der Waals surface area contributed by atoms with Gasteiger partial charge in [0.1, 0.15) is 0 Å². The monoisotopic (exact) mass is 323 g/mol. The smallest absolute Gasteiger partial charge is 0.224 e. The van der Waals surface area contributed by atoms with Crippen LogP contribution in [0, 0.1) is 18.3 Å². The highest BCUT2D eigenvalue weighted by Gasteiger charge is 2.22. The zero-order valence-electron chi connectivity index (χ0n) is 16.4. The van der Waals surface area contributed by atoms with E-state index in [1.54, 1.807) is 0 Å². The van der Waals surface area contributed by atoms with Crippen LogP contribution in [0.3, 0.4) is 0 Å². The van der Waals surface area contributed by atoms with Gasteiger partial charge in [0.25, 0.3) is 0 Å². The fourth-order valence-electron chi connectivity index (χ4n) is 1.43. The molecule has 0 radical (unpaired) electrons. The van der Waals surface area contributed by atoms with Gasteiger partial charge in [0.15, 0.2) is 0 Å². The molecule has 1 aromatic carbocycles. The predicted octanol–water partition coefficient (Wildman–Crippen LogP) is 5.42. The Morgan fingerprint density at radius 3 is 1.87 bits per heavy atom. The molecule has 1 unspecified atom stereocenters. The number of aliphatic hydroxyl groups excluding tert-OH is 1. The molecule has 1 amide bonds. The fraction of sp³-hybridized carbons (Fsp3) is 0.650. The number of unbranched alkanes of at least 4 members (excludes halogenated alkanes) is 1. The number of anilines is 1. The first-order valence-corrected chi connectivity index (χ1v) is 8.51. The largest absolute Gasteiger partial charge is 0.400 e. The van der Waals surface area contributed by atoms with Crippen LogP contribution in [0.15, 0.2) is 24.3 Å². The van der Waals surface area contributed by atoms with E-state index in [-0.39, 0.29) is 11.3 Å². The van der Waals surface area contributed by atoms with E-state index < -0.39 is 0 Å². The Hall–Kier alpha value is -1.35. The van der Waals surface area contributed by atoms with Crippen LogP contribution in [-0.4, -0.2) is 18.1 Å². The molecule has 0 aromatic heterocycles. The van der Waals surface area contributed by atoms with Gasteiger partial charge in [0.2, 0.25) is 5.91 Å². The predicted molar refractivity (Wildman–Crippen MR) is 102 cm³/mol. The van der Waals surface area contributed by atoms with Gasteiger partial charge in [-0.05, 0) is 30.4 Å². The third-order valence-electron chi connectivity index (χ3n) is 3.81. The summed E-state index contributed by atoms with van der Waals surface area (Å²) in [6.45, 7) is 15.0. The normalized spacial score (nSPS) is 11.3. The third-order valence-corrected chi connectivity index (χ3v) is 3.81. The minimum atomic E-state index is 0.0938. The maximum atomic E-state index is 11.8. The van der Waals surface area contributed by atoms with Crippen LogP contribution in [0.4, 0.5) is 5.69 Å². The van der Waals surface area contributed by atoms with Gasteiger partial charge >= 0.3 is 0 Å². The summed E-state index contributed by atoms with van der Waals surface area (Å²) < 4.78 is 0. The molecular formula is C20H37NO2. The Labute approximate surface area is 143 Å². The lowest BCUT2D eigenvalue weighted by molar-refractivity contribution is -0.117. The van der Waals surface area contributed by atoms with E-state index in [1.165, 1.54) is 18.4 Å². The SMILES string of the molecule is CCCC.CO.Cc1ccc(NC(=O)CC(C)C(C)(C)C)cc1. The van der Waals surface area contributed by atoms with Crippen LogP contribution in [0.25, 0.3) is 0 Å². The van der Waals surface area contributed by atoms with E-state index >= 15 is 0 Å². The molecule has 1 atom stereocenters. The lowest BCUT2D eigenvalue weighted by atomic mass is 9.80. The molecule has 0 bridgehead atoms. The van der Waals surface area contributed by atoms with E-state index in [0.717, 1.165) is 12.8 Å². The van der Waals surface area contributed by atoms with Crippen molar-refractivity contribution in [2.45, 2.75) is 67.7 Å². The van der Waals surface area contributed by atoms with Gasteiger partial charge in [0.05, 0.1) is 0 Å². The Morgan fingerprint density at radius 2 is 1.52 bits per heavy atom. The Kier molecular flexibility index (Phi) is 13.6. The molecule has 0 aliphatic rings. The van der Waals surface area contributed by atoms with Gasteiger partial charge in [-0.15, -0.1) is 0 Å². The molecule has 0 aliphatic carbocycles. The van der Waals surface area contributed by atoms with Gasteiger partial charge < -0.3 is 10.4 Å². The molecule has 0 aliphatic heterocycles. The fourth-order valence-corrected chi connectivity index (χ4v) is 1.43. The summed E-state index contributed by atoms with van der Waals surface area (Å²) in [6.07, 6.45) is 3.21. The zero-order valence-corrected chi connectivity index (χ0v) is 16.4. The van der Waals surface area contributed by atoms with Gasteiger partial charge in [-0.2, -0.15) is 0 Å². The Balaban J connectivity index is 0. The van der Waals surface area contributed by atoms with Crippen molar-refractivity contribution in [1.82, 2.24) is 0 Å². The number of hydrogen-bond acceptors (Lipinski definition) is 2.